The van der Waals surface area contributed by atoms with Crippen LogP contribution < -0.4 is 10.3 Å². The van der Waals surface area contributed by atoms with Gasteiger partial charge in [0.1, 0.15) is 12.3 Å². The van der Waals surface area contributed by atoms with Gasteiger partial charge in [-0.15, -0.1) is 0 Å². The number of carbonyl (C=O) groups excluding carboxylic acids is 1. The average Bonchev–Trinajstić information content (AvgIpc) is 2.92. The number of nitrogens with zero attached hydrogens (tertiary/aromatic N) is 2. The molecule has 3 rings (SSSR count). The molecule has 0 aromatic heterocycles. The highest BCUT2D eigenvalue weighted by Gasteiger charge is 2.25. The van der Waals surface area contributed by atoms with Crippen molar-refractivity contribution in [3.63, 3.8) is 0 Å². The minimum Gasteiger partial charge on any atom is -0.323 e. The van der Waals surface area contributed by atoms with E-state index in [1.807, 2.05) is 74.8 Å². The van der Waals surface area contributed by atoms with Gasteiger partial charge in [-0.1, -0.05) is 48.5 Å². The minimum atomic E-state index is 0.0602. The van der Waals surface area contributed by atoms with E-state index in [1.165, 1.54) is 0 Å². The Morgan fingerprint density at radius 3 is 2.05 bits per heavy atom. The van der Waals surface area contributed by atoms with Crippen molar-refractivity contribution in [2.75, 3.05) is 25.6 Å². The predicted octanol–water partition coefficient (Wildman–Crippen LogP) is 2.32. The molecule has 1 aliphatic rings. The SMILES string of the molecule is CNC.O=C1CN(c2ccccc2)N=C1c1ccccc1. The van der Waals surface area contributed by atoms with E-state index >= 15 is 0 Å². The van der Waals surface area contributed by atoms with Gasteiger partial charge in [-0.2, -0.15) is 5.10 Å². The number of benzene rings is 2. The van der Waals surface area contributed by atoms with Crippen molar-refractivity contribution in [2.45, 2.75) is 0 Å². The summed E-state index contributed by atoms with van der Waals surface area (Å²) < 4.78 is 0. The molecule has 0 aliphatic carbocycles. The Morgan fingerprint density at radius 1 is 0.952 bits per heavy atom. The smallest absolute Gasteiger partial charge is 0.205 e. The molecule has 2 aromatic carbocycles. The molecule has 0 bridgehead atoms. The standard InChI is InChI=1S/C15H12N2O.C2H7N/c18-14-11-17(13-9-5-2-6-10-13)16-15(14)12-7-3-1-4-8-12;1-3-2/h1-10H,11H2;3H,1-2H3. The Kier molecular flexibility index (Phi) is 5.23. The van der Waals surface area contributed by atoms with Crippen molar-refractivity contribution >= 4 is 17.2 Å². The first kappa shape index (κ1) is 14.9. The Balaban J connectivity index is 0.000000497. The van der Waals surface area contributed by atoms with Crippen molar-refractivity contribution < 1.29 is 4.79 Å². The average molecular weight is 281 g/mol. The number of ketones is 1. The third-order valence-corrected chi connectivity index (χ3v) is 2.88. The van der Waals surface area contributed by atoms with Gasteiger partial charge in [-0.3, -0.25) is 9.80 Å². The molecule has 1 N–H and O–H groups in total. The third kappa shape index (κ3) is 3.77. The van der Waals surface area contributed by atoms with Crippen molar-refractivity contribution in [2.24, 2.45) is 5.10 Å². The molecule has 108 valence electrons. The van der Waals surface area contributed by atoms with Gasteiger partial charge >= 0.3 is 0 Å². The van der Waals surface area contributed by atoms with Crippen molar-refractivity contribution in [3.8, 4) is 0 Å². The lowest BCUT2D eigenvalue weighted by Crippen LogP contribution is -2.18. The molecule has 0 saturated carbocycles. The Bertz CT molecular complexity index is 608. The zero-order valence-electron chi connectivity index (χ0n) is 12.3. The summed E-state index contributed by atoms with van der Waals surface area (Å²) in [5.74, 6) is 0.0602. The number of carbonyl (C=O) groups is 1. The van der Waals surface area contributed by atoms with Crippen LogP contribution in [0.3, 0.4) is 0 Å². The number of Topliss-reactive ketones (excluding diaryl/α,β-unsaturated/α-hetero) is 1. The van der Waals surface area contributed by atoms with E-state index < -0.39 is 0 Å². The molecule has 4 heteroatoms. The van der Waals surface area contributed by atoms with Gasteiger partial charge < -0.3 is 5.32 Å². The van der Waals surface area contributed by atoms with Crippen LogP contribution in [-0.4, -0.2) is 32.1 Å². The number of nitrogens with one attached hydrogen (secondary N) is 1. The molecule has 1 aliphatic heterocycles. The molecular weight excluding hydrogens is 262 g/mol. The van der Waals surface area contributed by atoms with Crippen LogP contribution in [0.4, 0.5) is 5.69 Å². The van der Waals surface area contributed by atoms with Crippen LogP contribution >= 0.6 is 0 Å². The summed E-state index contributed by atoms with van der Waals surface area (Å²) in [6.07, 6.45) is 0. The first-order chi connectivity index (χ1) is 10.3. The van der Waals surface area contributed by atoms with E-state index in [1.54, 1.807) is 5.01 Å². The molecule has 0 unspecified atom stereocenters. The van der Waals surface area contributed by atoms with Gasteiger partial charge in [0.15, 0.2) is 0 Å². The second kappa shape index (κ2) is 7.36. The van der Waals surface area contributed by atoms with Gasteiger partial charge in [-0.05, 0) is 26.2 Å². The lowest BCUT2D eigenvalue weighted by Gasteiger charge is -2.11. The maximum atomic E-state index is 12.0. The second-order valence-corrected chi connectivity index (χ2v) is 4.63. The molecule has 0 amide bonds. The van der Waals surface area contributed by atoms with Crippen LogP contribution in [-0.2, 0) is 4.79 Å². The number of para-hydroxylation sites is 1. The maximum Gasteiger partial charge on any atom is 0.205 e. The van der Waals surface area contributed by atoms with E-state index in [9.17, 15) is 4.79 Å². The van der Waals surface area contributed by atoms with Gasteiger partial charge in [-0.25, -0.2) is 0 Å². The Hall–Kier alpha value is -2.46. The molecule has 0 radical (unpaired) electrons. The summed E-state index contributed by atoms with van der Waals surface area (Å²) in [6, 6.07) is 19.3. The molecule has 0 spiro atoms. The summed E-state index contributed by atoms with van der Waals surface area (Å²) in [5, 5.41) is 8.90. The first-order valence-electron chi connectivity index (χ1n) is 6.84. The molecule has 0 saturated heterocycles. The van der Waals surface area contributed by atoms with Gasteiger partial charge in [0.2, 0.25) is 5.78 Å². The second-order valence-electron chi connectivity index (χ2n) is 4.63. The van der Waals surface area contributed by atoms with Crippen LogP contribution in [0, 0.1) is 0 Å². The maximum absolute atomic E-state index is 12.0. The fourth-order valence-electron chi connectivity index (χ4n) is 1.99. The topological polar surface area (TPSA) is 44.7 Å². The summed E-state index contributed by atoms with van der Waals surface area (Å²) in [7, 11) is 3.75. The lowest BCUT2D eigenvalue weighted by molar-refractivity contribution is -0.111. The molecule has 4 nitrogen and oxygen atoms in total. The van der Waals surface area contributed by atoms with E-state index in [4.69, 9.17) is 0 Å². The zero-order chi connectivity index (χ0) is 15.1. The summed E-state index contributed by atoms with van der Waals surface area (Å²) in [5.41, 5.74) is 2.36. The number of rotatable bonds is 2. The van der Waals surface area contributed by atoms with Gasteiger partial charge in [0.25, 0.3) is 0 Å². The summed E-state index contributed by atoms with van der Waals surface area (Å²) in [4.78, 5) is 12.0. The highest BCUT2D eigenvalue weighted by Crippen LogP contribution is 2.19. The van der Waals surface area contributed by atoms with E-state index in [0.717, 1.165) is 11.3 Å². The van der Waals surface area contributed by atoms with Gasteiger partial charge in [0, 0.05) is 5.56 Å². The summed E-state index contributed by atoms with van der Waals surface area (Å²) >= 11 is 0. The number of hydrazone groups is 1. The van der Waals surface area contributed by atoms with Crippen LogP contribution in [0.2, 0.25) is 0 Å². The largest absolute Gasteiger partial charge is 0.323 e. The molecule has 2 aromatic rings. The van der Waals surface area contributed by atoms with E-state index in [0.29, 0.717) is 12.3 Å². The molecule has 1 heterocycles. The van der Waals surface area contributed by atoms with Crippen LogP contribution in [0.15, 0.2) is 65.8 Å². The fourth-order valence-corrected chi connectivity index (χ4v) is 1.99. The predicted molar refractivity (Wildman–Crippen MR) is 86.8 cm³/mol. The highest BCUT2D eigenvalue weighted by atomic mass is 16.1. The minimum absolute atomic E-state index is 0.0602. The third-order valence-electron chi connectivity index (χ3n) is 2.88. The van der Waals surface area contributed by atoms with E-state index in [-0.39, 0.29) is 5.78 Å². The van der Waals surface area contributed by atoms with Crippen LogP contribution in [0.1, 0.15) is 5.56 Å². The molecular formula is C17H19N3O. The normalized spacial score (nSPS) is 13.5. The number of hydrogen-bond acceptors (Lipinski definition) is 4. The van der Waals surface area contributed by atoms with E-state index in [2.05, 4.69) is 10.4 Å². The monoisotopic (exact) mass is 281 g/mol. The van der Waals surface area contributed by atoms with Crippen LogP contribution in [0.5, 0.6) is 0 Å². The number of hydrogen-bond donors (Lipinski definition) is 1. The zero-order valence-corrected chi connectivity index (χ0v) is 12.3. The Morgan fingerprint density at radius 2 is 1.48 bits per heavy atom. The van der Waals surface area contributed by atoms with Crippen molar-refractivity contribution in [3.05, 3.63) is 66.2 Å². The van der Waals surface area contributed by atoms with Crippen molar-refractivity contribution in [1.29, 1.82) is 0 Å². The van der Waals surface area contributed by atoms with Crippen LogP contribution in [0.25, 0.3) is 0 Å². The Labute approximate surface area is 125 Å². The highest BCUT2D eigenvalue weighted by molar-refractivity contribution is 6.48. The van der Waals surface area contributed by atoms with Gasteiger partial charge in [0.05, 0.1) is 5.69 Å². The first-order valence-corrected chi connectivity index (χ1v) is 6.84. The molecule has 21 heavy (non-hydrogen) atoms. The number of anilines is 1. The quantitative estimate of drug-likeness (QED) is 0.919. The summed E-state index contributed by atoms with van der Waals surface area (Å²) in [6.45, 7) is 0.314. The van der Waals surface area contributed by atoms with Crippen molar-refractivity contribution in [1.82, 2.24) is 5.32 Å². The fraction of sp³-hybridized carbons (Fsp3) is 0.176. The molecule has 0 fully saturated rings. The lowest BCUT2D eigenvalue weighted by atomic mass is 10.1. The molecule has 0 atom stereocenters.